The van der Waals surface area contributed by atoms with E-state index in [9.17, 15) is 5.11 Å². The first-order valence-electron chi connectivity index (χ1n) is 7.81. The molecule has 1 N–H and O–H groups in total. The van der Waals surface area contributed by atoms with Crippen LogP contribution in [0.2, 0.25) is 0 Å². The second kappa shape index (κ2) is 7.66. The summed E-state index contributed by atoms with van der Waals surface area (Å²) in [7, 11) is 2.15. The molecule has 1 aromatic carbocycles. The summed E-state index contributed by atoms with van der Waals surface area (Å²) in [6.45, 7) is 10.5. The van der Waals surface area contributed by atoms with Crippen molar-refractivity contribution in [2.45, 2.75) is 32.4 Å². The highest BCUT2D eigenvalue weighted by Gasteiger charge is 2.17. The minimum absolute atomic E-state index is 0.388. The van der Waals surface area contributed by atoms with Crippen LogP contribution in [0.15, 0.2) is 12.1 Å². The van der Waals surface area contributed by atoms with Crippen LogP contribution in [0.25, 0.3) is 0 Å². The molecule has 0 aromatic heterocycles. The Bertz CT molecular complexity index is 538. The molecule has 1 heterocycles. The Labute approximate surface area is 143 Å². The maximum absolute atomic E-state index is 9.93. The summed E-state index contributed by atoms with van der Waals surface area (Å²) in [6.07, 6.45) is 0. The number of aryl methyl sites for hydroxylation is 1. The van der Waals surface area contributed by atoms with Gasteiger partial charge in [0, 0.05) is 31.9 Å². The Morgan fingerprint density at radius 1 is 1.27 bits per heavy atom. The fourth-order valence-electron chi connectivity index (χ4n) is 2.65. The highest BCUT2D eigenvalue weighted by Crippen LogP contribution is 2.30. The molecule has 1 aliphatic heterocycles. The fraction of sp³-hybridized carbons (Fsp3) is 0.588. The van der Waals surface area contributed by atoms with Crippen molar-refractivity contribution in [2.24, 2.45) is 0 Å². The van der Waals surface area contributed by atoms with Gasteiger partial charge in [-0.05, 0) is 42.6 Å². The molecule has 1 saturated heterocycles. The Morgan fingerprint density at radius 3 is 2.50 bits per heavy atom. The number of nitrogens with zero attached hydrogens (tertiary/aromatic N) is 2. The number of rotatable bonds is 3. The maximum Gasteiger partial charge on any atom is 0.136 e. The van der Waals surface area contributed by atoms with E-state index in [1.807, 2.05) is 13.0 Å². The Morgan fingerprint density at radius 2 is 1.91 bits per heavy atom. The lowest BCUT2D eigenvalue weighted by molar-refractivity contribution is 0.220. The highest BCUT2D eigenvalue weighted by atomic mass is 32.2. The molecular formula is C17H26N2OS2. The van der Waals surface area contributed by atoms with Crippen molar-refractivity contribution in [3.63, 3.8) is 0 Å². The number of phenols is 1. The summed E-state index contributed by atoms with van der Waals surface area (Å²) < 4.78 is 0.994. The Kier molecular flexibility index (Phi) is 6.12. The molecule has 1 aliphatic rings. The first kappa shape index (κ1) is 17.6. The number of thiocarbonyl (C=S) groups is 1. The lowest BCUT2D eigenvalue weighted by Crippen LogP contribution is -2.45. The summed E-state index contributed by atoms with van der Waals surface area (Å²) in [6, 6.07) is 4.01. The molecule has 0 aliphatic carbocycles. The molecule has 1 aromatic rings. The summed E-state index contributed by atoms with van der Waals surface area (Å²) >= 11 is 7.34. The van der Waals surface area contributed by atoms with E-state index in [0.29, 0.717) is 11.7 Å². The van der Waals surface area contributed by atoms with E-state index < -0.39 is 0 Å². The van der Waals surface area contributed by atoms with Gasteiger partial charge in [-0.2, -0.15) is 0 Å². The van der Waals surface area contributed by atoms with Crippen LogP contribution in [0.4, 0.5) is 0 Å². The molecule has 2 rings (SSSR count). The second-order valence-electron chi connectivity index (χ2n) is 6.34. The number of thioether (sulfide) groups is 1. The van der Waals surface area contributed by atoms with Crippen LogP contribution in [0.3, 0.4) is 0 Å². The van der Waals surface area contributed by atoms with Gasteiger partial charge in [-0.3, -0.25) is 0 Å². The van der Waals surface area contributed by atoms with Crippen molar-refractivity contribution in [3.8, 4) is 5.75 Å². The first-order chi connectivity index (χ1) is 10.4. The van der Waals surface area contributed by atoms with Gasteiger partial charge in [0.15, 0.2) is 0 Å². The van der Waals surface area contributed by atoms with Crippen molar-refractivity contribution in [3.05, 3.63) is 28.8 Å². The summed E-state index contributed by atoms with van der Waals surface area (Å²) in [4.78, 5) is 4.65. The van der Waals surface area contributed by atoms with E-state index >= 15 is 0 Å². The van der Waals surface area contributed by atoms with E-state index in [1.54, 1.807) is 11.8 Å². The van der Waals surface area contributed by atoms with Gasteiger partial charge in [0.25, 0.3) is 0 Å². The minimum Gasteiger partial charge on any atom is -0.508 e. The zero-order valence-electron chi connectivity index (χ0n) is 13.9. The van der Waals surface area contributed by atoms with Crippen LogP contribution >= 0.6 is 24.0 Å². The Hall–Kier alpha value is -0.780. The summed E-state index contributed by atoms with van der Waals surface area (Å²) in [5.74, 6) is 1.66. The molecule has 3 nitrogen and oxygen atoms in total. The van der Waals surface area contributed by atoms with Gasteiger partial charge in [0.2, 0.25) is 0 Å². The van der Waals surface area contributed by atoms with E-state index in [2.05, 4.69) is 36.8 Å². The first-order valence-corrected chi connectivity index (χ1v) is 9.20. The number of hydrogen-bond acceptors (Lipinski definition) is 4. The molecule has 5 heteroatoms. The van der Waals surface area contributed by atoms with Crippen molar-refractivity contribution in [2.75, 3.05) is 33.2 Å². The highest BCUT2D eigenvalue weighted by molar-refractivity contribution is 8.22. The minimum atomic E-state index is 0.388. The third-order valence-electron chi connectivity index (χ3n) is 4.19. The van der Waals surface area contributed by atoms with Crippen molar-refractivity contribution in [1.29, 1.82) is 0 Å². The average molecular weight is 339 g/mol. The van der Waals surface area contributed by atoms with Crippen LogP contribution < -0.4 is 0 Å². The molecule has 0 unspecified atom stereocenters. The standard InChI is InChI=1S/C17H26N2OS2/c1-12(2)15-10-16(20)13(3)9-14(15)11-22-17(21)19-7-5-18(4)6-8-19/h9-10,12,20H,5-8,11H2,1-4H3. The van der Waals surface area contributed by atoms with Gasteiger partial charge in [-0.15, -0.1) is 0 Å². The predicted molar refractivity (Wildman–Crippen MR) is 99.9 cm³/mol. The summed E-state index contributed by atoms with van der Waals surface area (Å²) in [5.41, 5.74) is 3.44. The quantitative estimate of drug-likeness (QED) is 0.850. The number of aromatic hydroxyl groups is 1. The van der Waals surface area contributed by atoms with Crippen molar-refractivity contribution < 1.29 is 5.11 Å². The molecule has 0 bridgehead atoms. The van der Waals surface area contributed by atoms with Crippen molar-refractivity contribution >= 4 is 28.3 Å². The molecule has 0 spiro atoms. The number of phenolic OH excluding ortho intramolecular Hbond substituents is 1. The molecule has 0 saturated carbocycles. The van der Waals surface area contributed by atoms with Gasteiger partial charge in [0.1, 0.15) is 10.1 Å². The number of likely N-dealkylation sites (N-methyl/N-ethyl adjacent to an activating group) is 1. The largest absolute Gasteiger partial charge is 0.508 e. The van der Waals surface area contributed by atoms with Gasteiger partial charge < -0.3 is 14.9 Å². The van der Waals surface area contributed by atoms with E-state index in [1.165, 1.54) is 11.1 Å². The van der Waals surface area contributed by atoms with E-state index in [4.69, 9.17) is 12.2 Å². The van der Waals surface area contributed by atoms with Gasteiger partial charge in [-0.1, -0.05) is 43.9 Å². The molecule has 0 atom stereocenters. The monoisotopic (exact) mass is 338 g/mol. The van der Waals surface area contributed by atoms with Crippen LogP contribution in [0.5, 0.6) is 5.75 Å². The molecule has 0 amide bonds. The maximum atomic E-state index is 9.93. The SMILES string of the molecule is Cc1cc(CSC(=S)N2CCN(C)CC2)c(C(C)C)cc1O. The van der Waals surface area contributed by atoms with Crippen LogP contribution in [0.1, 0.15) is 36.5 Å². The van der Waals surface area contributed by atoms with Crippen LogP contribution in [-0.2, 0) is 5.75 Å². The molecule has 122 valence electrons. The van der Waals surface area contributed by atoms with E-state index in [-0.39, 0.29) is 0 Å². The van der Waals surface area contributed by atoms with Crippen molar-refractivity contribution in [1.82, 2.24) is 9.80 Å². The number of benzene rings is 1. The predicted octanol–water partition coefficient (Wildman–Crippen LogP) is 3.59. The third kappa shape index (κ3) is 4.37. The van der Waals surface area contributed by atoms with Crippen LogP contribution in [-0.4, -0.2) is 52.5 Å². The lowest BCUT2D eigenvalue weighted by atomic mass is 9.96. The Balaban J connectivity index is 2.02. The zero-order valence-corrected chi connectivity index (χ0v) is 15.6. The smallest absolute Gasteiger partial charge is 0.136 e. The van der Waals surface area contributed by atoms with E-state index in [0.717, 1.165) is 41.8 Å². The molecule has 1 fully saturated rings. The topological polar surface area (TPSA) is 26.7 Å². The van der Waals surface area contributed by atoms with Gasteiger partial charge in [-0.25, -0.2) is 0 Å². The van der Waals surface area contributed by atoms with Gasteiger partial charge in [0.05, 0.1) is 0 Å². The normalized spacial score (nSPS) is 16.3. The number of hydrogen-bond donors (Lipinski definition) is 1. The molecule has 0 radical (unpaired) electrons. The third-order valence-corrected chi connectivity index (χ3v) is 5.76. The zero-order chi connectivity index (χ0) is 16.3. The average Bonchev–Trinajstić information content (AvgIpc) is 2.48. The summed E-state index contributed by atoms with van der Waals surface area (Å²) in [5, 5.41) is 9.93. The molecular weight excluding hydrogens is 312 g/mol. The van der Waals surface area contributed by atoms with Crippen LogP contribution in [0, 0.1) is 6.92 Å². The van der Waals surface area contributed by atoms with Gasteiger partial charge >= 0.3 is 0 Å². The lowest BCUT2D eigenvalue weighted by Gasteiger charge is -2.33. The second-order valence-corrected chi connectivity index (χ2v) is 7.95. The molecule has 22 heavy (non-hydrogen) atoms. The number of piperazine rings is 1. The fourth-order valence-corrected chi connectivity index (χ4v) is 3.91.